The van der Waals surface area contributed by atoms with E-state index in [4.69, 9.17) is 4.74 Å². The maximum Gasteiger partial charge on any atom is 0.225 e. The summed E-state index contributed by atoms with van der Waals surface area (Å²) >= 11 is 0. The number of methoxy groups -OCH3 is 1. The molecule has 0 aliphatic heterocycles. The highest BCUT2D eigenvalue weighted by Gasteiger charge is 2.26. The summed E-state index contributed by atoms with van der Waals surface area (Å²) in [7, 11) is 1.69. The third-order valence-electron chi connectivity index (χ3n) is 3.81. The number of aromatic nitrogens is 2. The van der Waals surface area contributed by atoms with Crippen molar-refractivity contribution in [2.45, 2.75) is 45.2 Å². The van der Waals surface area contributed by atoms with Gasteiger partial charge in [-0.3, -0.25) is 0 Å². The number of nitrogens with zero attached hydrogens (tertiary/aromatic N) is 2. The van der Waals surface area contributed by atoms with E-state index < -0.39 is 0 Å². The summed E-state index contributed by atoms with van der Waals surface area (Å²) in [6.07, 6.45) is 2.45. The Morgan fingerprint density at radius 1 is 1.22 bits per heavy atom. The van der Waals surface area contributed by atoms with Crippen molar-refractivity contribution >= 4 is 11.8 Å². The van der Waals surface area contributed by atoms with E-state index in [1.807, 2.05) is 18.2 Å². The smallest absolute Gasteiger partial charge is 0.225 e. The van der Waals surface area contributed by atoms with Crippen molar-refractivity contribution in [1.82, 2.24) is 9.97 Å². The van der Waals surface area contributed by atoms with Gasteiger partial charge < -0.3 is 15.4 Å². The molecule has 1 aliphatic rings. The van der Waals surface area contributed by atoms with Gasteiger partial charge in [-0.05, 0) is 32.8 Å². The Labute approximate surface area is 137 Å². The molecule has 1 saturated carbocycles. The second kappa shape index (κ2) is 6.86. The van der Waals surface area contributed by atoms with Gasteiger partial charge in [0.15, 0.2) is 0 Å². The Kier molecular flexibility index (Phi) is 4.65. The van der Waals surface area contributed by atoms with E-state index in [1.54, 1.807) is 7.11 Å². The number of benzene rings is 1. The molecule has 2 N–H and O–H groups in total. The van der Waals surface area contributed by atoms with Crippen molar-refractivity contribution in [3.8, 4) is 5.75 Å². The summed E-state index contributed by atoms with van der Waals surface area (Å²) in [6, 6.07) is 10.4. The normalized spacial score (nSPS) is 13.9. The lowest BCUT2D eigenvalue weighted by Crippen LogP contribution is -2.14. The van der Waals surface area contributed by atoms with Crippen LogP contribution in [0.25, 0.3) is 0 Å². The summed E-state index contributed by atoms with van der Waals surface area (Å²) in [6.45, 7) is 4.86. The van der Waals surface area contributed by atoms with Crippen LogP contribution in [-0.2, 0) is 6.54 Å². The molecule has 1 aromatic carbocycles. The topological polar surface area (TPSA) is 59.1 Å². The highest BCUT2D eigenvalue weighted by atomic mass is 16.5. The summed E-state index contributed by atoms with van der Waals surface area (Å²) in [5.74, 6) is 3.04. The fourth-order valence-electron chi connectivity index (χ4n) is 2.50. The minimum Gasteiger partial charge on any atom is -0.496 e. The van der Waals surface area contributed by atoms with Crippen LogP contribution in [0.15, 0.2) is 30.3 Å². The summed E-state index contributed by atoms with van der Waals surface area (Å²) in [5.41, 5.74) is 2.24. The molecule has 2 aromatic rings. The van der Waals surface area contributed by atoms with Crippen molar-refractivity contribution < 1.29 is 4.74 Å². The molecule has 0 saturated heterocycles. The average molecular weight is 312 g/mol. The predicted molar refractivity (Wildman–Crippen MR) is 93.1 cm³/mol. The van der Waals surface area contributed by atoms with Crippen LogP contribution in [0.1, 0.15) is 43.9 Å². The number of hydrogen-bond acceptors (Lipinski definition) is 5. The van der Waals surface area contributed by atoms with Gasteiger partial charge in [-0.2, -0.15) is 4.98 Å². The lowest BCUT2D eigenvalue weighted by molar-refractivity contribution is 0.410. The van der Waals surface area contributed by atoms with Crippen LogP contribution in [0, 0.1) is 0 Å². The standard InChI is InChI=1S/C18H24N4O/c1-12(2)20-18-21-15(13-8-9-13)10-17(22-18)19-11-14-6-4-5-7-16(14)23-3/h4-7,10,12-13H,8-9,11H2,1-3H3,(H2,19,20,21,22). The van der Waals surface area contributed by atoms with E-state index in [0.717, 1.165) is 22.8 Å². The van der Waals surface area contributed by atoms with Gasteiger partial charge in [0.2, 0.25) is 5.95 Å². The lowest BCUT2D eigenvalue weighted by atomic mass is 10.2. The van der Waals surface area contributed by atoms with E-state index in [2.05, 4.69) is 46.6 Å². The first kappa shape index (κ1) is 15.6. The van der Waals surface area contributed by atoms with Crippen LogP contribution in [0.5, 0.6) is 5.75 Å². The number of rotatable bonds is 7. The summed E-state index contributed by atoms with van der Waals surface area (Å²) in [4.78, 5) is 9.22. The Balaban J connectivity index is 1.77. The van der Waals surface area contributed by atoms with Gasteiger partial charge in [0.05, 0.1) is 12.8 Å². The second-order valence-electron chi connectivity index (χ2n) is 6.24. The molecular formula is C18H24N4O. The molecule has 0 radical (unpaired) electrons. The van der Waals surface area contributed by atoms with E-state index in [9.17, 15) is 0 Å². The molecule has 0 bridgehead atoms. The summed E-state index contributed by atoms with van der Waals surface area (Å²) in [5, 5.41) is 6.70. The zero-order valence-electron chi connectivity index (χ0n) is 14.0. The number of para-hydroxylation sites is 1. The predicted octanol–water partition coefficient (Wildman–Crippen LogP) is 3.80. The molecule has 5 heteroatoms. The van der Waals surface area contributed by atoms with Gasteiger partial charge in [-0.1, -0.05) is 18.2 Å². The highest BCUT2D eigenvalue weighted by Crippen LogP contribution is 2.40. The molecule has 5 nitrogen and oxygen atoms in total. The van der Waals surface area contributed by atoms with Crippen LogP contribution in [0.4, 0.5) is 11.8 Å². The molecule has 0 amide bonds. The Bertz CT molecular complexity index is 668. The van der Waals surface area contributed by atoms with Gasteiger partial charge in [0, 0.05) is 30.1 Å². The number of nitrogens with one attached hydrogen (secondary N) is 2. The number of anilines is 2. The number of ether oxygens (including phenoxy) is 1. The maximum atomic E-state index is 5.40. The van der Waals surface area contributed by atoms with Crippen molar-refractivity contribution in [1.29, 1.82) is 0 Å². The van der Waals surface area contributed by atoms with Gasteiger partial charge >= 0.3 is 0 Å². The highest BCUT2D eigenvalue weighted by molar-refractivity contribution is 5.46. The third kappa shape index (κ3) is 4.12. The SMILES string of the molecule is COc1ccccc1CNc1cc(C2CC2)nc(NC(C)C)n1. The first-order valence-electron chi connectivity index (χ1n) is 8.17. The molecule has 1 fully saturated rings. The van der Waals surface area contributed by atoms with Crippen LogP contribution in [0.2, 0.25) is 0 Å². The summed E-state index contributed by atoms with van der Waals surface area (Å²) < 4.78 is 5.40. The quantitative estimate of drug-likeness (QED) is 0.814. The monoisotopic (exact) mass is 312 g/mol. The Hall–Kier alpha value is -2.30. The minimum atomic E-state index is 0.312. The van der Waals surface area contributed by atoms with Crippen molar-refractivity contribution in [2.75, 3.05) is 17.7 Å². The van der Waals surface area contributed by atoms with E-state index in [1.165, 1.54) is 12.8 Å². The molecule has 23 heavy (non-hydrogen) atoms. The van der Waals surface area contributed by atoms with Crippen molar-refractivity contribution in [3.05, 3.63) is 41.6 Å². The second-order valence-corrected chi connectivity index (χ2v) is 6.24. The molecule has 0 unspecified atom stereocenters. The van der Waals surface area contributed by atoms with Crippen LogP contribution in [0.3, 0.4) is 0 Å². The Morgan fingerprint density at radius 3 is 2.70 bits per heavy atom. The zero-order chi connectivity index (χ0) is 16.2. The number of hydrogen-bond donors (Lipinski definition) is 2. The van der Waals surface area contributed by atoms with Crippen molar-refractivity contribution in [3.63, 3.8) is 0 Å². The minimum absolute atomic E-state index is 0.312. The van der Waals surface area contributed by atoms with E-state index >= 15 is 0 Å². The third-order valence-corrected chi connectivity index (χ3v) is 3.81. The molecule has 1 aromatic heterocycles. The van der Waals surface area contributed by atoms with Gasteiger partial charge in [-0.15, -0.1) is 0 Å². The van der Waals surface area contributed by atoms with E-state index in [-0.39, 0.29) is 0 Å². The van der Waals surface area contributed by atoms with Crippen LogP contribution in [-0.4, -0.2) is 23.1 Å². The maximum absolute atomic E-state index is 5.40. The Morgan fingerprint density at radius 2 is 2.00 bits per heavy atom. The molecule has 1 aliphatic carbocycles. The van der Waals surface area contributed by atoms with Crippen molar-refractivity contribution in [2.24, 2.45) is 0 Å². The first-order chi connectivity index (χ1) is 11.2. The molecule has 122 valence electrons. The largest absolute Gasteiger partial charge is 0.496 e. The lowest BCUT2D eigenvalue weighted by Gasteiger charge is -2.14. The average Bonchev–Trinajstić information content (AvgIpc) is 3.37. The van der Waals surface area contributed by atoms with Crippen LogP contribution >= 0.6 is 0 Å². The molecular weight excluding hydrogens is 288 g/mol. The van der Waals surface area contributed by atoms with Gasteiger partial charge in [0.25, 0.3) is 0 Å². The fourth-order valence-corrected chi connectivity index (χ4v) is 2.50. The van der Waals surface area contributed by atoms with Gasteiger partial charge in [0.1, 0.15) is 11.6 Å². The zero-order valence-corrected chi connectivity index (χ0v) is 14.0. The van der Waals surface area contributed by atoms with Crippen LogP contribution < -0.4 is 15.4 Å². The molecule has 0 atom stereocenters. The van der Waals surface area contributed by atoms with Gasteiger partial charge in [-0.25, -0.2) is 4.98 Å². The fraction of sp³-hybridized carbons (Fsp3) is 0.444. The molecule has 1 heterocycles. The van der Waals surface area contributed by atoms with E-state index in [0.29, 0.717) is 24.5 Å². The molecule has 3 rings (SSSR count). The first-order valence-corrected chi connectivity index (χ1v) is 8.17. The molecule has 0 spiro atoms.